The molecule has 0 spiro atoms. The van der Waals surface area contributed by atoms with E-state index in [9.17, 15) is 0 Å². The second-order valence-electron chi connectivity index (χ2n) is 4.30. The van der Waals surface area contributed by atoms with Crippen molar-refractivity contribution < 1.29 is 4.42 Å². The van der Waals surface area contributed by atoms with Crippen LogP contribution in [0.2, 0.25) is 0 Å². The topological polar surface area (TPSA) is 52.0 Å². The van der Waals surface area contributed by atoms with Gasteiger partial charge in [0.25, 0.3) is 5.22 Å². The second kappa shape index (κ2) is 5.91. The Morgan fingerprint density at radius 3 is 2.83 bits per heavy atom. The first-order valence-electron chi connectivity index (χ1n) is 5.68. The number of benzene rings is 1. The number of nitrogens with zero attached hydrogens (tertiary/aromatic N) is 1. The predicted octanol–water partition coefficient (Wildman–Crippen LogP) is 3.79. The first-order valence-corrected chi connectivity index (χ1v) is 7.29. The summed E-state index contributed by atoms with van der Waals surface area (Å²) < 4.78 is 6.37. The molecule has 0 aliphatic rings. The summed E-state index contributed by atoms with van der Waals surface area (Å²) >= 11 is 5.08. The first kappa shape index (κ1) is 13.6. The van der Waals surface area contributed by atoms with Crippen molar-refractivity contribution in [2.45, 2.75) is 36.4 Å². The Hall–Kier alpha value is -0.780. The van der Waals surface area contributed by atoms with Crippen molar-refractivity contribution in [3.8, 4) is 0 Å². The van der Waals surface area contributed by atoms with Gasteiger partial charge >= 0.3 is 0 Å². The molecule has 3 nitrogen and oxygen atoms in total. The molecule has 0 aliphatic heterocycles. The quantitative estimate of drug-likeness (QED) is 0.928. The Labute approximate surface area is 119 Å². The molecule has 96 valence electrons. The number of halogens is 1. The van der Waals surface area contributed by atoms with Crippen LogP contribution in [0.15, 0.2) is 43.5 Å². The minimum Gasteiger partial charge on any atom is -0.439 e. The van der Waals surface area contributed by atoms with Crippen molar-refractivity contribution in [1.29, 1.82) is 0 Å². The summed E-state index contributed by atoms with van der Waals surface area (Å²) in [7, 11) is 0. The zero-order chi connectivity index (χ0) is 13.1. The van der Waals surface area contributed by atoms with Crippen molar-refractivity contribution in [2.24, 2.45) is 5.73 Å². The molecule has 1 atom stereocenters. The van der Waals surface area contributed by atoms with Crippen LogP contribution in [0.25, 0.3) is 0 Å². The summed E-state index contributed by atoms with van der Waals surface area (Å²) in [6, 6.07) is 6.42. The van der Waals surface area contributed by atoms with Gasteiger partial charge in [0.15, 0.2) is 0 Å². The second-order valence-corrected chi connectivity index (χ2v) is 6.15. The summed E-state index contributed by atoms with van der Waals surface area (Å²) in [5.74, 6) is 0. The standard InChI is InChI=1S/C13H15BrN2OS/c1-8(15)5-10-3-4-12(11(14)6-10)18-13-16-9(2)7-17-13/h3-4,6-8H,5,15H2,1-2H3. The number of oxazole rings is 1. The van der Waals surface area contributed by atoms with Gasteiger partial charge in [-0.25, -0.2) is 4.98 Å². The molecule has 18 heavy (non-hydrogen) atoms. The molecule has 0 amide bonds. The van der Waals surface area contributed by atoms with E-state index in [0.29, 0.717) is 5.22 Å². The van der Waals surface area contributed by atoms with Gasteiger partial charge in [0, 0.05) is 15.4 Å². The van der Waals surface area contributed by atoms with Gasteiger partial charge in [-0.05, 0) is 65.7 Å². The van der Waals surface area contributed by atoms with E-state index < -0.39 is 0 Å². The van der Waals surface area contributed by atoms with E-state index in [4.69, 9.17) is 10.2 Å². The number of aromatic nitrogens is 1. The Bertz CT molecular complexity index is 540. The highest BCUT2D eigenvalue weighted by Crippen LogP contribution is 2.33. The summed E-state index contributed by atoms with van der Waals surface area (Å²) in [5, 5.41) is 0.660. The lowest BCUT2D eigenvalue weighted by Gasteiger charge is -2.07. The van der Waals surface area contributed by atoms with Gasteiger partial charge < -0.3 is 10.2 Å². The van der Waals surface area contributed by atoms with Gasteiger partial charge in [-0.1, -0.05) is 6.07 Å². The van der Waals surface area contributed by atoms with Crippen molar-refractivity contribution in [3.05, 3.63) is 40.2 Å². The van der Waals surface area contributed by atoms with E-state index in [2.05, 4.69) is 39.1 Å². The lowest BCUT2D eigenvalue weighted by molar-refractivity contribution is 0.454. The molecular weight excluding hydrogens is 312 g/mol. The summed E-state index contributed by atoms with van der Waals surface area (Å²) in [6.45, 7) is 3.92. The maximum absolute atomic E-state index is 5.79. The molecular formula is C13H15BrN2OS. The highest BCUT2D eigenvalue weighted by atomic mass is 79.9. The van der Waals surface area contributed by atoms with E-state index in [1.807, 2.05) is 13.8 Å². The van der Waals surface area contributed by atoms with Crippen molar-refractivity contribution in [3.63, 3.8) is 0 Å². The van der Waals surface area contributed by atoms with Crippen LogP contribution in [-0.4, -0.2) is 11.0 Å². The number of nitrogens with two attached hydrogens (primary N) is 1. The minimum atomic E-state index is 0.171. The van der Waals surface area contributed by atoms with Crippen LogP contribution in [0.4, 0.5) is 0 Å². The summed E-state index contributed by atoms with van der Waals surface area (Å²) in [6.07, 6.45) is 2.53. The van der Waals surface area contributed by atoms with E-state index in [1.165, 1.54) is 17.3 Å². The number of hydrogen-bond acceptors (Lipinski definition) is 4. The van der Waals surface area contributed by atoms with Crippen molar-refractivity contribution in [2.75, 3.05) is 0 Å². The molecule has 1 unspecified atom stereocenters. The van der Waals surface area contributed by atoms with Gasteiger partial charge in [0.2, 0.25) is 0 Å². The summed E-state index contributed by atoms with van der Waals surface area (Å²) in [4.78, 5) is 5.36. The highest BCUT2D eigenvalue weighted by Gasteiger charge is 2.08. The maximum Gasteiger partial charge on any atom is 0.260 e. The monoisotopic (exact) mass is 326 g/mol. The fourth-order valence-electron chi connectivity index (χ4n) is 1.60. The molecule has 0 saturated carbocycles. The Morgan fingerprint density at radius 2 is 2.28 bits per heavy atom. The van der Waals surface area contributed by atoms with Crippen LogP contribution in [0, 0.1) is 6.92 Å². The molecule has 2 N–H and O–H groups in total. The van der Waals surface area contributed by atoms with Crippen molar-refractivity contribution in [1.82, 2.24) is 4.98 Å². The van der Waals surface area contributed by atoms with Gasteiger partial charge in [0.05, 0.1) is 5.69 Å². The molecule has 1 aromatic heterocycles. The zero-order valence-electron chi connectivity index (χ0n) is 10.3. The number of hydrogen-bond donors (Lipinski definition) is 1. The van der Waals surface area contributed by atoms with Crippen LogP contribution in [0.1, 0.15) is 18.2 Å². The SMILES string of the molecule is Cc1coc(Sc2ccc(CC(C)N)cc2Br)n1. The van der Waals surface area contributed by atoms with Gasteiger partial charge in [0.1, 0.15) is 6.26 Å². The van der Waals surface area contributed by atoms with E-state index in [0.717, 1.165) is 21.5 Å². The normalized spacial score (nSPS) is 12.7. The Balaban J connectivity index is 2.14. The van der Waals surface area contributed by atoms with E-state index >= 15 is 0 Å². The highest BCUT2D eigenvalue weighted by molar-refractivity contribution is 9.10. The third-order valence-electron chi connectivity index (χ3n) is 2.35. The van der Waals surface area contributed by atoms with Gasteiger partial charge in [-0.2, -0.15) is 0 Å². The fraction of sp³-hybridized carbons (Fsp3) is 0.308. The van der Waals surface area contributed by atoms with Crippen molar-refractivity contribution >= 4 is 27.7 Å². The van der Waals surface area contributed by atoms with Crippen LogP contribution >= 0.6 is 27.7 Å². The molecule has 0 saturated heterocycles. The van der Waals surface area contributed by atoms with Crippen LogP contribution in [0.5, 0.6) is 0 Å². The smallest absolute Gasteiger partial charge is 0.260 e. The van der Waals surface area contributed by atoms with Crippen LogP contribution < -0.4 is 5.73 Å². The third-order valence-corrected chi connectivity index (χ3v) is 4.21. The molecule has 2 aromatic rings. The van der Waals surface area contributed by atoms with Crippen LogP contribution in [0.3, 0.4) is 0 Å². The average Bonchev–Trinajstić information content (AvgIpc) is 2.67. The molecule has 5 heteroatoms. The maximum atomic E-state index is 5.79. The van der Waals surface area contributed by atoms with E-state index in [-0.39, 0.29) is 6.04 Å². The third kappa shape index (κ3) is 3.60. The molecule has 0 bridgehead atoms. The van der Waals surface area contributed by atoms with E-state index in [1.54, 1.807) is 6.26 Å². The number of rotatable bonds is 4. The molecule has 2 rings (SSSR count). The summed E-state index contributed by atoms with van der Waals surface area (Å²) in [5.41, 5.74) is 7.91. The average molecular weight is 327 g/mol. The lowest BCUT2D eigenvalue weighted by Crippen LogP contribution is -2.17. The molecule has 0 radical (unpaired) electrons. The first-order chi connectivity index (χ1) is 8.54. The Kier molecular flexibility index (Phi) is 4.48. The van der Waals surface area contributed by atoms with Crippen LogP contribution in [-0.2, 0) is 6.42 Å². The molecule has 0 aliphatic carbocycles. The number of aryl methyl sites for hydroxylation is 1. The molecule has 0 fully saturated rings. The minimum absolute atomic E-state index is 0.171. The molecule has 1 heterocycles. The fourth-order valence-corrected chi connectivity index (χ4v) is 3.03. The largest absolute Gasteiger partial charge is 0.439 e. The lowest BCUT2D eigenvalue weighted by atomic mass is 10.1. The van der Waals surface area contributed by atoms with Gasteiger partial charge in [-0.3, -0.25) is 0 Å². The predicted molar refractivity (Wildman–Crippen MR) is 76.9 cm³/mol. The Morgan fingerprint density at radius 1 is 1.50 bits per heavy atom. The van der Waals surface area contributed by atoms with Gasteiger partial charge in [-0.15, -0.1) is 0 Å². The molecule has 1 aromatic carbocycles. The zero-order valence-corrected chi connectivity index (χ0v) is 12.7.